The van der Waals surface area contributed by atoms with Gasteiger partial charge in [-0.05, 0) is 23.8 Å². The lowest BCUT2D eigenvalue weighted by molar-refractivity contribution is 0.0736. The lowest BCUT2D eigenvalue weighted by Gasteiger charge is -2.34. The molecule has 1 saturated heterocycles. The van der Waals surface area contributed by atoms with Crippen molar-refractivity contribution in [2.75, 3.05) is 31.1 Å². The number of amides is 1. The topological polar surface area (TPSA) is 54.3 Å². The van der Waals surface area contributed by atoms with E-state index < -0.39 is 0 Å². The highest BCUT2D eigenvalue weighted by atomic mass is 16.2. The van der Waals surface area contributed by atoms with E-state index in [4.69, 9.17) is 0 Å². The quantitative estimate of drug-likeness (QED) is 0.529. The predicted octanol–water partition coefficient (Wildman–Crippen LogP) is 3.44. The summed E-state index contributed by atoms with van der Waals surface area (Å²) in [6, 6.07) is 22.3. The molecule has 3 heterocycles. The summed E-state index contributed by atoms with van der Waals surface area (Å²) in [5, 5.41) is 1.09. The summed E-state index contributed by atoms with van der Waals surface area (Å²) in [4.78, 5) is 26.2. The van der Waals surface area contributed by atoms with E-state index in [2.05, 4.69) is 43.7 Å². The summed E-state index contributed by atoms with van der Waals surface area (Å²) in [5.74, 6) is 0.804. The molecule has 6 heteroatoms. The number of fused-ring (bicyclic) bond motifs is 1. The molecule has 5 rings (SSSR count). The van der Waals surface area contributed by atoms with E-state index in [-0.39, 0.29) is 5.91 Å². The first-order valence-electron chi connectivity index (χ1n) is 10.2. The van der Waals surface area contributed by atoms with E-state index in [1.165, 1.54) is 5.56 Å². The van der Waals surface area contributed by atoms with Crippen LogP contribution in [-0.2, 0) is 6.54 Å². The standard InChI is InChI=1S/C24H23N5O/c30-23(27-13-15-28(16-14-27)24-25-11-6-12-26-24)22-17-20-9-4-5-10-21(20)29(22)18-19-7-2-1-3-8-19/h1-12,17H,13-16,18H2. The fraction of sp³-hybridized carbons (Fsp3) is 0.208. The zero-order valence-electron chi connectivity index (χ0n) is 16.7. The van der Waals surface area contributed by atoms with Crippen LogP contribution in [0.25, 0.3) is 10.9 Å². The first-order valence-corrected chi connectivity index (χ1v) is 10.2. The maximum Gasteiger partial charge on any atom is 0.270 e. The molecule has 0 spiro atoms. The minimum Gasteiger partial charge on any atom is -0.337 e. The van der Waals surface area contributed by atoms with Crippen LogP contribution in [0.5, 0.6) is 0 Å². The molecule has 1 fully saturated rings. The molecule has 30 heavy (non-hydrogen) atoms. The van der Waals surface area contributed by atoms with Gasteiger partial charge in [0, 0.05) is 56.0 Å². The first kappa shape index (κ1) is 18.4. The molecule has 150 valence electrons. The number of carbonyl (C=O) groups excluding carboxylic acids is 1. The van der Waals surface area contributed by atoms with Crippen molar-refractivity contribution < 1.29 is 4.79 Å². The molecule has 2 aromatic heterocycles. The largest absolute Gasteiger partial charge is 0.337 e. The molecule has 1 aliphatic heterocycles. The van der Waals surface area contributed by atoms with Gasteiger partial charge in [0.25, 0.3) is 5.91 Å². The van der Waals surface area contributed by atoms with Crippen molar-refractivity contribution in [3.05, 3.63) is 90.4 Å². The molecule has 0 bridgehead atoms. The number of hydrogen-bond acceptors (Lipinski definition) is 4. The van der Waals surface area contributed by atoms with Crippen LogP contribution in [0.4, 0.5) is 5.95 Å². The third kappa shape index (κ3) is 3.52. The van der Waals surface area contributed by atoms with Crippen LogP contribution in [0.15, 0.2) is 79.1 Å². The highest BCUT2D eigenvalue weighted by Gasteiger charge is 2.26. The zero-order valence-corrected chi connectivity index (χ0v) is 16.7. The molecule has 6 nitrogen and oxygen atoms in total. The van der Waals surface area contributed by atoms with Gasteiger partial charge in [0.05, 0.1) is 0 Å². The Bertz CT molecular complexity index is 1150. The van der Waals surface area contributed by atoms with Gasteiger partial charge < -0.3 is 14.4 Å². The fourth-order valence-electron chi connectivity index (χ4n) is 4.05. The van der Waals surface area contributed by atoms with Crippen molar-refractivity contribution >= 4 is 22.8 Å². The summed E-state index contributed by atoms with van der Waals surface area (Å²) < 4.78 is 2.14. The van der Waals surface area contributed by atoms with Gasteiger partial charge in [-0.2, -0.15) is 0 Å². The van der Waals surface area contributed by atoms with Crippen LogP contribution >= 0.6 is 0 Å². The SMILES string of the molecule is O=C(c1cc2ccccc2n1Cc1ccccc1)N1CCN(c2ncccn2)CC1. The van der Waals surface area contributed by atoms with Crippen LogP contribution in [0.3, 0.4) is 0 Å². The minimum atomic E-state index is 0.0794. The van der Waals surface area contributed by atoms with Gasteiger partial charge in [0.15, 0.2) is 0 Å². The Morgan fingerprint density at radius 2 is 1.53 bits per heavy atom. The molecule has 0 radical (unpaired) electrons. The molecular weight excluding hydrogens is 374 g/mol. The van der Waals surface area contributed by atoms with Gasteiger partial charge in [-0.25, -0.2) is 9.97 Å². The average molecular weight is 397 g/mol. The third-order valence-corrected chi connectivity index (χ3v) is 5.62. The number of anilines is 1. The maximum atomic E-state index is 13.5. The van der Waals surface area contributed by atoms with Crippen molar-refractivity contribution in [2.24, 2.45) is 0 Å². The number of nitrogens with zero attached hydrogens (tertiary/aromatic N) is 5. The number of piperazine rings is 1. The van der Waals surface area contributed by atoms with E-state index in [1.54, 1.807) is 12.4 Å². The van der Waals surface area contributed by atoms with Gasteiger partial charge in [-0.3, -0.25) is 4.79 Å². The third-order valence-electron chi connectivity index (χ3n) is 5.62. The average Bonchev–Trinajstić information content (AvgIpc) is 3.18. The first-order chi connectivity index (χ1) is 14.8. The Hall–Kier alpha value is -3.67. The second-order valence-electron chi connectivity index (χ2n) is 7.49. The number of aromatic nitrogens is 3. The summed E-state index contributed by atoms with van der Waals surface area (Å²) in [6.07, 6.45) is 3.50. The molecular formula is C24H23N5O. The number of benzene rings is 2. The van der Waals surface area contributed by atoms with Crippen molar-refractivity contribution in [3.8, 4) is 0 Å². The molecule has 0 N–H and O–H groups in total. The van der Waals surface area contributed by atoms with E-state index in [0.717, 1.165) is 35.6 Å². The number of para-hydroxylation sites is 1. The summed E-state index contributed by atoms with van der Waals surface area (Å²) in [5.41, 5.74) is 3.00. The molecule has 2 aromatic carbocycles. The Balaban J connectivity index is 1.40. The predicted molar refractivity (Wildman–Crippen MR) is 118 cm³/mol. The Morgan fingerprint density at radius 1 is 0.833 bits per heavy atom. The highest BCUT2D eigenvalue weighted by Crippen LogP contribution is 2.23. The summed E-state index contributed by atoms with van der Waals surface area (Å²) in [7, 11) is 0. The monoisotopic (exact) mass is 397 g/mol. The summed E-state index contributed by atoms with van der Waals surface area (Å²) in [6.45, 7) is 3.45. The number of carbonyl (C=O) groups is 1. The van der Waals surface area contributed by atoms with E-state index in [0.29, 0.717) is 19.6 Å². The van der Waals surface area contributed by atoms with Crippen LogP contribution in [0, 0.1) is 0 Å². The fourth-order valence-corrected chi connectivity index (χ4v) is 4.05. The van der Waals surface area contributed by atoms with E-state index >= 15 is 0 Å². The van der Waals surface area contributed by atoms with Gasteiger partial charge >= 0.3 is 0 Å². The van der Waals surface area contributed by atoms with Gasteiger partial charge in [-0.1, -0.05) is 48.5 Å². The minimum absolute atomic E-state index is 0.0794. The van der Waals surface area contributed by atoms with E-state index in [9.17, 15) is 4.79 Å². The maximum absolute atomic E-state index is 13.5. The van der Waals surface area contributed by atoms with Gasteiger partial charge in [0.2, 0.25) is 5.95 Å². The molecule has 0 saturated carbocycles. The molecule has 1 aliphatic rings. The second kappa shape index (κ2) is 7.99. The lowest BCUT2D eigenvalue weighted by atomic mass is 10.2. The molecule has 1 amide bonds. The van der Waals surface area contributed by atoms with E-state index in [1.807, 2.05) is 47.4 Å². The van der Waals surface area contributed by atoms with Crippen LogP contribution in [-0.4, -0.2) is 51.5 Å². The number of rotatable bonds is 4. The number of hydrogen-bond donors (Lipinski definition) is 0. The normalized spacial score (nSPS) is 14.3. The van der Waals surface area contributed by atoms with Crippen molar-refractivity contribution in [2.45, 2.75) is 6.54 Å². The van der Waals surface area contributed by atoms with Gasteiger partial charge in [0.1, 0.15) is 5.69 Å². The van der Waals surface area contributed by atoms with Crippen LogP contribution < -0.4 is 4.90 Å². The lowest BCUT2D eigenvalue weighted by Crippen LogP contribution is -2.49. The second-order valence-corrected chi connectivity index (χ2v) is 7.49. The highest BCUT2D eigenvalue weighted by molar-refractivity contribution is 5.99. The Morgan fingerprint density at radius 3 is 2.30 bits per heavy atom. The zero-order chi connectivity index (χ0) is 20.3. The van der Waals surface area contributed by atoms with Crippen molar-refractivity contribution in [3.63, 3.8) is 0 Å². The summed E-state index contributed by atoms with van der Waals surface area (Å²) >= 11 is 0. The van der Waals surface area contributed by atoms with Crippen LogP contribution in [0.1, 0.15) is 16.1 Å². The van der Waals surface area contributed by atoms with Gasteiger partial charge in [-0.15, -0.1) is 0 Å². The van der Waals surface area contributed by atoms with Crippen molar-refractivity contribution in [1.82, 2.24) is 19.4 Å². The smallest absolute Gasteiger partial charge is 0.270 e. The molecule has 0 unspecified atom stereocenters. The van der Waals surface area contributed by atoms with Crippen LogP contribution in [0.2, 0.25) is 0 Å². The Labute approximate surface area is 175 Å². The molecule has 4 aromatic rings. The molecule has 0 atom stereocenters. The molecule has 0 aliphatic carbocycles. The Kier molecular flexibility index (Phi) is 4.89. The van der Waals surface area contributed by atoms with Crippen molar-refractivity contribution in [1.29, 1.82) is 0 Å².